The Bertz CT molecular complexity index is 497. The monoisotopic (exact) mass is 293 g/mol. The number of nitrogens with one attached hydrogen (secondary N) is 1. The molecule has 1 aliphatic rings. The Morgan fingerprint density at radius 1 is 1.38 bits per heavy atom. The number of anilines is 1. The lowest BCUT2D eigenvalue weighted by Crippen LogP contribution is -2.54. The molecule has 6 heteroatoms. The molecule has 0 aliphatic carbocycles. The lowest BCUT2D eigenvalue weighted by atomic mass is 10.1. The molecule has 1 N–H and O–H groups in total. The van der Waals surface area contributed by atoms with Crippen molar-refractivity contribution in [2.24, 2.45) is 0 Å². The Hall–Kier alpha value is -1.82. The van der Waals surface area contributed by atoms with E-state index in [1.165, 1.54) is 0 Å². The van der Waals surface area contributed by atoms with Gasteiger partial charge in [-0.3, -0.25) is 10.1 Å². The first-order valence-electron chi connectivity index (χ1n) is 7.44. The average molecular weight is 293 g/mol. The maximum Gasteiger partial charge on any atom is 0.333 e. The Morgan fingerprint density at radius 3 is 2.62 bits per heavy atom. The second kappa shape index (κ2) is 6.76. The first-order chi connectivity index (χ1) is 10.0. The van der Waals surface area contributed by atoms with E-state index in [1.807, 2.05) is 19.1 Å². The molecule has 116 valence electrons. The largest absolute Gasteiger partial charge is 0.487 e. The van der Waals surface area contributed by atoms with Gasteiger partial charge in [0.1, 0.15) is 5.69 Å². The molecule has 21 heavy (non-hydrogen) atoms. The molecule has 1 fully saturated rings. The van der Waals surface area contributed by atoms with E-state index in [0.29, 0.717) is 30.1 Å². The fourth-order valence-corrected chi connectivity index (χ4v) is 2.80. The molecular formula is C15H23N3O3. The van der Waals surface area contributed by atoms with Gasteiger partial charge in [0.05, 0.1) is 11.5 Å². The van der Waals surface area contributed by atoms with Crippen LogP contribution in [0.2, 0.25) is 0 Å². The zero-order valence-electron chi connectivity index (χ0n) is 12.8. The molecule has 1 saturated heterocycles. The Kier molecular flexibility index (Phi) is 5.01. The van der Waals surface area contributed by atoms with Gasteiger partial charge < -0.3 is 15.0 Å². The number of nitrogens with zero attached hydrogens (tertiary/aromatic N) is 2. The lowest BCUT2D eigenvalue weighted by molar-refractivity contribution is -0.385. The van der Waals surface area contributed by atoms with Gasteiger partial charge >= 0.3 is 5.69 Å². The van der Waals surface area contributed by atoms with E-state index in [0.717, 1.165) is 19.5 Å². The SMILES string of the molecule is CCCOc1cccc(N2CC(C)NC(C)C2)c1[N+](=O)[O-]. The number of piperazine rings is 1. The fourth-order valence-electron chi connectivity index (χ4n) is 2.80. The number of hydrogen-bond donors (Lipinski definition) is 1. The minimum Gasteiger partial charge on any atom is -0.487 e. The molecular weight excluding hydrogens is 270 g/mol. The maximum atomic E-state index is 11.5. The van der Waals surface area contributed by atoms with Crippen molar-refractivity contribution in [3.63, 3.8) is 0 Å². The standard InChI is InChI=1S/C15H23N3O3/c1-4-8-21-14-7-5-6-13(15(14)18(19)20)17-9-11(2)16-12(3)10-17/h5-7,11-12,16H,4,8-10H2,1-3H3. The summed E-state index contributed by atoms with van der Waals surface area (Å²) in [7, 11) is 0. The molecule has 1 aliphatic heterocycles. The molecule has 6 nitrogen and oxygen atoms in total. The second-order valence-corrected chi connectivity index (χ2v) is 5.60. The molecule has 2 unspecified atom stereocenters. The molecule has 0 radical (unpaired) electrons. The third-order valence-corrected chi connectivity index (χ3v) is 3.52. The maximum absolute atomic E-state index is 11.5. The second-order valence-electron chi connectivity index (χ2n) is 5.60. The van der Waals surface area contributed by atoms with E-state index in [9.17, 15) is 10.1 Å². The van der Waals surface area contributed by atoms with Crippen molar-refractivity contribution in [3.8, 4) is 5.75 Å². The first-order valence-corrected chi connectivity index (χ1v) is 7.44. The van der Waals surface area contributed by atoms with Gasteiger partial charge in [0, 0.05) is 25.2 Å². The number of para-hydroxylation sites is 1. The van der Waals surface area contributed by atoms with Crippen LogP contribution in [0.5, 0.6) is 5.75 Å². The molecule has 1 aromatic rings. The van der Waals surface area contributed by atoms with Crippen LogP contribution in [0.15, 0.2) is 18.2 Å². The van der Waals surface area contributed by atoms with Crippen LogP contribution in [0.3, 0.4) is 0 Å². The van der Waals surface area contributed by atoms with Gasteiger partial charge in [-0.05, 0) is 32.4 Å². The molecule has 0 spiro atoms. The zero-order valence-corrected chi connectivity index (χ0v) is 12.8. The van der Waals surface area contributed by atoms with E-state index < -0.39 is 0 Å². The van der Waals surface area contributed by atoms with Crippen LogP contribution in [-0.2, 0) is 0 Å². The summed E-state index contributed by atoms with van der Waals surface area (Å²) in [6.07, 6.45) is 0.823. The normalized spacial score (nSPS) is 22.1. The van der Waals surface area contributed by atoms with E-state index in [-0.39, 0.29) is 10.6 Å². The summed E-state index contributed by atoms with van der Waals surface area (Å²) in [6, 6.07) is 5.90. The van der Waals surface area contributed by atoms with Crippen molar-refractivity contribution < 1.29 is 9.66 Å². The summed E-state index contributed by atoms with van der Waals surface area (Å²) in [5, 5.41) is 14.9. The van der Waals surface area contributed by atoms with Gasteiger partial charge in [0.25, 0.3) is 0 Å². The van der Waals surface area contributed by atoms with Gasteiger partial charge in [-0.25, -0.2) is 0 Å². The Labute approximate surface area is 125 Å². The molecule has 1 heterocycles. The average Bonchev–Trinajstić information content (AvgIpc) is 2.43. The minimum absolute atomic E-state index is 0.0762. The molecule has 0 amide bonds. The number of hydrogen-bond acceptors (Lipinski definition) is 5. The van der Waals surface area contributed by atoms with Crippen LogP contribution in [0.1, 0.15) is 27.2 Å². The third-order valence-electron chi connectivity index (χ3n) is 3.52. The van der Waals surface area contributed by atoms with E-state index in [4.69, 9.17) is 4.74 Å². The zero-order chi connectivity index (χ0) is 15.4. The number of benzene rings is 1. The summed E-state index contributed by atoms with van der Waals surface area (Å²) < 4.78 is 5.55. The predicted molar refractivity (Wildman–Crippen MR) is 83.2 cm³/mol. The molecule has 2 atom stereocenters. The summed E-state index contributed by atoms with van der Waals surface area (Å²) >= 11 is 0. The van der Waals surface area contributed by atoms with Crippen molar-refractivity contribution in [1.82, 2.24) is 5.32 Å². The summed E-state index contributed by atoms with van der Waals surface area (Å²) in [5.41, 5.74) is 0.723. The van der Waals surface area contributed by atoms with E-state index >= 15 is 0 Å². The van der Waals surface area contributed by atoms with E-state index in [1.54, 1.807) is 6.07 Å². The van der Waals surface area contributed by atoms with Crippen molar-refractivity contribution in [1.29, 1.82) is 0 Å². The summed E-state index contributed by atoms with van der Waals surface area (Å²) in [4.78, 5) is 13.2. The smallest absolute Gasteiger partial charge is 0.333 e. The quantitative estimate of drug-likeness (QED) is 0.667. The van der Waals surface area contributed by atoms with Crippen LogP contribution in [0, 0.1) is 10.1 Å². The summed E-state index contributed by atoms with van der Waals surface area (Å²) in [5.74, 6) is 0.359. The van der Waals surface area contributed by atoms with Crippen LogP contribution >= 0.6 is 0 Å². The first kappa shape index (κ1) is 15.6. The van der Waals surface area contributed by atoms with Crippen LogP contribution in [0.4, 0.5) is 11.4 Å². The topological polar surface area (TPSA) is 67.6 Å². The predicted octanol–water partition coefficient (Wildman–Crippen LogP) is 2.57. The van der Waals surface area contributed by atoms with E-state index in [2.05, 4.69) is 24.1 Å². The number of nitro benzene ring substituents is 1. The molecule has 1 aromatic carbocycles. The van der Waals surface area contributed by atoms with Gasteiger partial charge in [-0.2, -0.15) is 0 Å². The Balaban J connectivity index is 2.35. The highest BCUT2D eigenvalue weighted by Gasteiger charge is 2.29. The third kappa shape index (κ3) is 3.64. The molecule has 0 aromatic heterocycles. The molecule has 0 saturated carbocycles. The fraction of sp³-hybridized carbons (Fsp3) is 0.600. The number of rotatable bonds is 5. The lowest BCUT2D eigenvalue weighted by Gasteiger charge is -2.37. The minimum atomic E-state index is -0.336. The molecule has 0 bridgehead atoms. The van der Waals surface area contributed by atoms with Gasteiger partial charge in [0.2, 0.25) is 0 Å². The van der Waals surface area contributed by atoms with Crippen LogP contribution < -0.4 is 15.0 Å². The highest BCUT2D eigenvalue weighted by Crippen LogP contribution is 2.37. The number of ether oxygens (including phenoxy) is 1. The van der Waals surface area contributed by atoms with Gasteiger partial charge in [-0.15, -0.1) is 0 Å². The highest BCUT2D eigenvalue weighted by atomic mass is 16.6. The Morgan fingerprint density at radius 2 is 2.05 bits per heavy atom. The molecule has 2 rings (SSSR count). The van der Waals surface area contributed by atoms with Gasteiger partial charge in [-0.1, -0.05) is 13.0 Å². The van der Waals surface area contributed by atoms with Gasteiger partial charge in [0.15, 0.2) is 5.75 Å². The van der Waals surface area contributed by atoms with Crippen molar-refractivity contribution in [3.05, 3.63) is 28.3 Å². The van der Waals surface area contributed by atoms with Crippen molar-refractivity contribution >= 4 is 11.4 Å². The van der Waals surface area contributed by atoms with Crippen LogP contribution in [0.25, 0.3) is 0 Å². The van der Waals surface area contributed by atoms with Crippen molar-refractivity contribution in [2.75, 3.05) is 24.6 Å². The highest BCUT2D eigenvalue weighted by molar-refractivity contribution is 5.70. The summed E-state index contributed by atoms with van der Waals surface area (Å²) in [6.45, 7) is 8.15. The number of nitro groups is 1. The van der Waals surface area contributed by atoms with Crippen LogP contribution in [-0.4, -0.2) is 36.7 Å². The van der Waals surface area contributed by atoms with Crippen molar-refractivity contribution in [2.45, 2.75) is 39.3 Å².